The molecule has 0 fully saturated rings. The monoisotopic (exact) mass is 416 g/mol. The number of benzene rings is 1. The van der Waals surface area contributed by atoms with Crippen LogP contribution in [0.1, 0.15) is 39.0 Å². The van der Waals surface area contributed by atoms with Gasteiger partial charge in [0.15, 0.2) is 6.61 Å². The third-order valence-electron chi connectivity index (χ3n) is 4.32. The predicted octanol–water partition coefficient (Wildman–Crippen LogP) is 2.17. The number of aryl methyl sites for hydroxylation is 1. The summed E-state index contributed by atoms with van der Waals surface area (Å²) in [6, 6.07) is 8.50. The molecule has 1 amide bonds. The number of ether oxygens (including phenoxy) is 3. The van der Waals surface area contributed by atoms with Crippen LogP contribution in [-0.4, -0.2) is 55.7 Å². The fourth-order valence-corrected chi connectivity index (χ4v) is 2.91. The molecule has 0 aliphatic carbocycles. The van der Waals surface area contributed by atoms with Crippen LogP contribution in [0.2, 0.25) is 0 Å². The van der Waals surface area contributed by atoms with E-state index in [4.69, 9.17) is 14.2 Å². The number of H-pyrrole nitrogens is 1. The fraction of sp³-hybridized carbons (Fsp3) is 0.333. The van der Waals surface area contributed by atoms with Gasteiger partial charge in [0.25, 0.3) is 5.91 Å². The van der Waals surface area contributed by atoms with E-state index in [1.165, 1.54) is 12.0 Å². The highest BCUT2D eigenvalue weighted by Crippen LogP contribution is 2.20. The second-order valence-electron chi connectivity index (χ2n) is 6.31. The van der Waals surface area contributed by atoms with Crippen molar-refractivity contribution in [2.45, 2.75) is 20.8 Å². The van der Waals surface area contributed by atoms with E-state index >= 15 is 0 Å². The van der Waals surface area contributed by atoms with Crippen molar-refractivity contribution in [1.82, 2.24) is 4.98 Å². The highest BCUT2D eigenvalue weighted by Gasteiger charge is 2.25. The zero-order chi connectivity index (χ0) is 22.3. The van der Waals surface area contributed by atoms with Crippen LogP contribution in [-0.2, 0) is 23.8 Å². The lowest BCUT2D eigenvalue weighted by Gasteiger charge is -2.21. The molecule has 2 aromatic rings. The smallest absolute Gasteiger partial charge is 0.355 e. The van der Waals surface area contributed by atoms with Crippen LogP contribution in [0.15, 0.2) is 30.3 Å². The third kappa shape index (κ3) is 5.25. The molecule has 1 N–H and O–H groups in total. The van der Waals surface area contributed by atoms with E-state index in [2.05, 4.69) is 4.98 Å². The maximum absolute atomic E-state index is 12.7. The maximum Gasteiger partial charge on any atom is 0.355 e. The molecule has 30 heavy (non-hydrogen) atoms. The minimum atomic E-state index is -0.803. The van der Waals surface area contributed by atoms with Crippen LogP contribution in [0, 0.1) is 13.8 Å². The maximum atomic E-state index is 12.7. The van der Waals surface area contributed by atoms with Gasteiger partial charge in [0.05, 0.1) is 19.3 Å². The summed E-state index contributed by atoms with van der Waals surface area (Å²) in [5, 5.41) is 0. The largest absolute Gasteiger partial charge is 0.465 e. The van der Waals surface area contributed by atoms with Crippen molar-refractivity contribution in [1.29, 1.82) is 0 Å². The van der Waals surface area contributed by atoms with E-state index in [1.807, 2.05) is 0 Å². The predicted molar refractivity (Wildman–Crippen MR) is 107 cm³/mol. The normalized spacial score (nSPS) is 10.3. The molecule has 0 saturated heterocycles. The molecule has 9 heteroatoms. The Hall–Kier alpha value is -3.62. The number of anilines is 1. The lowest BCUT2D eigenvalue weighted by atomic mass is 10.1. The van der Waals surface area contributed by atoms with Gasteiger partial charge in [-0.1, -0.05) is 18.2 Å². The summed E-state index contributed by atoms with van der Waals surface area (Å²) in [4.78, 5) is 52.9. The third-order valence-corrected chi connectivity index (χ3v) is 4.32. The molecule has 0 aliphatic rings. The number of aromatic nitrogens is 1. The van der Waals surface area contributed by atoms with Gasteiger partial charge >= 0.3 is 17.9 Å². The van der Waals surface area contributed by atoms with Crippen LogP contribution in [0.5, 0.6) is 0 Å². The first-order valence-corrected chi connectivity index (χ1v) is 9.25. The number of nitrogens with zero attached hydrogens (tertiary/aromatic N) is 1. The minimum Gasteiger partial charge on any atom is -0.465 e. The van der Waals surface area contributed by atoms with Gasteiger partial charge in [-0.15, -0.1) is 0 Å². The zero-order valence-electron chi connectivity index (χ0n) is 17.3. The Labute approximate surface area is 173 Å². The topological polar surface area (TPSA) is 115 Å². The Morgan fingerprint density at radius 3 is 2.27 bits per heavy atom. The summed E-state index contributed by atoms with van der Waals surface area (Å²) < 4.78 is 14.8. The van der Waals surface area contributed by atoms with Crippen LogP contribution in [0.3, 0.4) is 0 Å². The van der Waals surface area contributed by atoms with Gasteiger partial charge in [-0.25, -0.2) is 9.59 Å². The molecule has 1 aromatic carbocycles. The fourth-order valence-electron chi connectivity index (χ4n) is 2.91. The first-order valence-electron chi connectivity index (χ1n) is 9.25. The highest BCUT2D eigenvalue weighted by molar-refractivity contribution is 6.01. The van der Waals surface area contributed by atoms with Crippen LogP contribution < -0.4 is 4.90 Å². The molecule has 0 saturated carbocycles. The van der Waals surface area contributed by atoms with Gasteiger partial charge in [0, 0.05) is 11.4 Å². The van der Waals surface area contributed by atoms with E-state index in [1.54, 1.807) is 51.1 Å². The van der Waals surface area contributed by atoms with Crippen molar-refractivity contribution in [3.63, 3.8) is 0 Å². The first kappa shape index (κ1) is 22.7. The molecular formula is C21H24N2O7. The molecule has 0 radical (unpaired) electrons. The summed E-state index contributed by atoms with van der Waals surface area (Å²) >= 11 is 0. The van der Waals surface area contributed by atoms with Gasteiger partial charge in [-0.3, -0.25) is 14.5 Å². The summed E-state index contributed by atoms with van der Waals surface area (Å²) in [5.74, 6) is -2.57. The van der Waals surface area contributed by atoms with Crippen molar-refractivity contribution < 1.29 is 33.4 Å². The molecule has 160 valence electrons. The summed E-state index contributed by atoms with van der Waals surface area (Å²) in [5.41, 5.74) is 1.57. The standard InChI is InChI=1S/C21H24N2O7/c1-5-29-17(25)11-23(15-9-7-6-8-10-15)16(24)12-30-21(27)19-13(2)18(14(3)22-19)20(26)28-4/h6-10,22H,5,11-12H2,1-4H3. The number of nitrogens with one attached hydrogen (secondary N) is 1. The molecule has 1 heterocycles. The Morgan fingerprint density at radius 1 is 1.00 bits per heavy atom. The molecule has 0 atom stereocenters. The molecule has 9 nitrogen and oxygen atoms in total. The van der Waals surface area contributed by atoms with Gasteiger partial charge < -0.3 is 19.2 Å². The zero-order valence-corrected chi connectivity index (χ0v) is 17.3. The number of carbonyl (C=O) groups excluding carboxylic acids is 4. The summed E-state index contributed by atoms with van der Waals surface area (Å²) in [7, 11) is 1.24. The average molecular weight is 416 g/mol. The molecule has 0 unspecified atom stereocenters. The highest BCUT2D eigenvalue weighted by atomic mass is 16.5. The van der Waals surface area contributed by atoms with Crippen molar-refractivity contribution in [2.24, 2.45) is 0 Å². The quantitative estimate of drug-likeness (QED) is 0.518. The van der Waals surface area contributed by atoms with Gasteiger partial charge in [0.1, 0.15) is 12.2 Å². The number of hydrogen-bond acceptors (Lipinski definition) is 7. The lowest BCUT2D eigenvalue weighted by Crippen LogP contribution is -2.39. The Balaban J connectivity index is 2.14. The van der Waals surface area contributed by atoms with Crippen molar-refractivity contribution in [3.8, 4) is 0 Å². The lowest BCUT2D eigenvalue weighted by molar-refractivity contribution is -0.142. The molecule has 0 spiro atoms. The van der Waals surface area contributed by atoms with Crippen LogP contribution in [0.25, 0.3) is 0 Å². The van der Waals surface area contributed by atoms with E-state index < -0.39 is 30.4 Å². The number of para-hydroxylation sites is 1. The second-order valence-corrected chi connectivity index (χ2v) is 6.31. The van der Waals surface area contributed by atoms with Gasteiger partial charge in [-0.2, -0.15) is 0 Å². The van der Waals surface area contributed by atoms with Crippen molar-refractivity contribution in [2.75, 3.05) is 31.8 Å². The van der Waals surface area contributed by atoms with E-state index in [0.717, 1.165) is 0 Å². The molecule has 0 bridgehead atoms. The minimum absolute atomic E-state index is 0.0531. The number of aromatic amines is 1. The van der Waals surface area contributed by atoms with Crippen LogP contribution in [0.4, 0.5) is 5.69 Å². The Bertz CT molecular complexity index is 934. The van der Waals surface area contributed by atoms with E-state index in [-0.39, 0.29) is 24.4 Å². The van der Waals surface area contributed by atoms with Gasteiger partial charge in [-0.05, 0) is 38.5 Å². The second kappa shape index (κ2) is 10.2. The SMILES string of the molecule is CCOC(=O)CN(C(=O)COC(=O)c1[nH]c(C)c(C(=O)OC)c1C)c1ccccc1. The summed E-state index contributed by atoms with van der Waals surface area (Å²) in [6.45, 7) is 4.12. The average Bonchev–Trinajstić information content (AvgIpc) is 3.04. The molecule has 1 aromatic heterocycles. The van der Waals surface area contributed by atoms with Crippen LogP contribution >= 0.6 is 0 Å². The number of carbonyl (C=O) groups is 4. The number of hydrogen-bond donors (Lipinski definition) is 1. The number of esters is 3. The number of amides is 1. The van der Waals surface area contributed by atoms with E-state index in [9.17, 15) is 19.2 Å². The summed E-state index contributed by atoms with van der Waals surface area (Å²) in [6.07, 6.45) is 0. The first-order chi connectivity index (χ1) is 14.3. The van der Waals surface area contributed by atoms with E-state index in [0.29, 0.717) is 16.9 Å². The van der Waals surface area contributed by atoms with Crippen molar-refractivity contribution in [3.05, 3.63) is 52.8 Å². The Kier molecular flexibility index (Phi) is 7.74. The number of rotatable bonds is 8. The molecule has 0 aliphatic heterocycles. The Morgan fingerprint density at radius 2 is 1.67 bits per heavy atom. The molecular weight excluding hydrogens is 392 g/mol. The van der Waals surface area contributed by atoms with Gasteiger partial charge in [0.2, 0.25) is 0 Å². The van der Waals surface area contributed by atoms with Crippen molar-refractivity contribution >= 4 is 29.5 Å². The number of methoxy groups -OCH3 is 1. The molecule has 2 rings (SSSR count).